The van der Waals surface area contributed by atoms with E-state index < -0.39 is 0 Å². The van der Waals surface area contributed by atoms with E-state index in [9.17, 15) is 4.79 Å². The molecule has 0 amide bonds. The molecule has 2 aliphatic rings. The first-order valence-corrected chi connectivity index (χ1v) is 10.7. The lowest BCUT2D eigenvalue weighted by Crippen LogP contribution is -2.48. The van der Waals surface area contributed by atoms with Crippen LogP contribution in [0.2, 0.25) is 0 Å². The van der Waals surface area contributed by atoms with Gasteiger partial charge in [-0.3, -0.25) is 14.7 Å². The van der Waals surface area contributed by atoms with Crippen molar-refractivity contribution in [2.75, 3.05) is 46.9 Å². The molecule has 0 radical (unpaired) electrons. The summed E-state index contributed by atoms with van der Waals surface area (Å²) in [7, 11) is 3.30. The van der Waals surface area contributed by atoms with Crippen molar-refractivity contribution in [1.82, 2.24) is 20.1 Å². The number of hydrogen-bond acceptors (Lipinski definition) is 6. The van der Waals surface area contributed by atoms with Crippen LogP contribution in [0.5, 0.6) is 0 Å². The van der Waals surface area contributed by atoms with E-state index in [0.29, 0.717) is 5.92 Å². The molecule has 0 aliphatic carbocycles. The molecule has 0 aromatic carbocycles. The molecule has 3 heterocycles. The molecule has 2 aliphatic heterocycles. The van der Waals surface area contributed by atoms with Crippen LogP contribution in [-0.4, -0.2) is 73.6 Å². The summed E-state index contributed by atoms with van der Waals surface area (Å²) in [6.07, 6.45) is 3.97. The van der Waals surface area contributed by atoms with Gasteiger partial charge in [0, 0.05) is 26.7 Å². The highest BCUT2D eigenvalue weighted by Gasteiger charge is 2.27. The van der Waals surface area contributed by atoms with Crippen molar-refractivity contribution >= 4 is 35.9 Å². The monoisotopic (exact) mass is 533 g/mol. The van der Waals surface area contributed by atoms with Gasteiger partial charge >= 0.3 is 5.97 Å². The molecule has 2 saturated heterocycles. The maximum absolute atomic E-state index is 11.7. The van der Waals surface area contributed by atoms with E-state index in [1.54, 1.807) is 0 Å². The van der Waals surface area contributed by atoms with E-state index in [2.05, 4.69) is 25.1 Å². The van der Waals surface area contributed by atoms with Crippen molar-refractivity contribution in [3.8, 4) is 0 Å². The maximum Gasteiger partial charge on any atom is 0.308 e. The maximum atomic E-state index is 11.7. The Morgan fingerprint density at radius 2 is 1.87 bits per heavy atom. The Morgan fingerprint density at radius 3 is 2.40 bits per heavy atom. The summed E-state index contributed by atoms with van der Waals surface area (Å²) < 4.78 is 10.6. The highest BCUT2D eigenvalue weighted by Crippen LogP contribution is 2.21. The SMILES string of the molecule is CN=C(NCC1CCN(Cc2nc(C)c(C)o2)CC1)N1CCC(C(=O)OC)CC1.I. The lowest BCUT2D eigenvalue weighted by molar-refractivity contribution is -0.146. The number of oxazole rings is 1. The number of hydrogen-bond donors (Lipinski definition) is 1. The number of halogens is 1. The summed E-state index contributed by atoms with van der Waals surface area (Å²) in [6, 6.07) is 0. The summed E-state index contributed by atoms with van der Waals surface area (Å²) in [5, 5.41) is 3.55. The standard InChI is InChI=1S/C21H35N5O3.HI/c1-15-16(2)29-19(24-15)14-25-9-5-17(6-10-25)13-23-21(22-3)26-11-7-18(8-12-26)20(27)28-4;/h17-18H,5-14H2,1-4H3,(H,22,23);1H. The van der Waals surface area contributed by atoms with Crippen molar-refractivity contribution in [3.05, 3.63) is 17.3 Å². The fraction of sp³-hybridized carbons (Fsp3) is 0.762. The van der Waals surface area contributed by atoms with Crippen LogP contribution in [-0.2, 0) is 16.1 Å². The predicted octanol–water partition coefficient (Wildman–Crippen LogP) is 2.58. The number of carbonyl (C=O) groups is 1. The van der Waals surface area contributed by atoms with E-state index >= 15 is 0 Å². The summed E-state index contributed by atoms with van der Waals surface area (Å²) in [6.45, 7) is 9.51. The molecule has 0 unspecified atom stereocenters. The molecule has 9 heteroatoms. The summed E-state index contributed by atoms with van der Waals surface area (Å²) in [4.78, 5) is 25.3. The zero-order valence-electron chi connectivity index (χ0n) is 18.6. The fourth-order valence-electron chi connectivity index (χ4n) is 4.21. The topological polar surface area (TPSA) is 83.2 Å². The second-order valence-electron chi connectivity index (χ2n) is 8.18. The Balaban J connectivity index is 0.00000320. The fourth-order valence-corrected chi connectivity index (χ4v) is 4.21. The first-order valence-electron chi connectivity index (χ1n) is 10.7. The van der Waals surface area contributed by atoms with Crippen LogP contribution in [0.3, 0.4) is 0 Å². The normalized spacial score (nSPS) is 19.5. The molecule has 30 heavy (non-hydrogen) atoms. The molecule has 170 valence electrons. The first kappa shape index (κ1) is 24.9. The second kappa shape index (κ2) is 11.9. The van der Waals surface area contributed by atoms with E-state index in [1.165, 1.54) is 7.11 Å². The number of aliphatic imine (C=N–C) groups is 1. The van der Waals surface area contributed by atoms with Gasteiger partial charge in [0.1, 0.15) is 5.76 Å². The molecular weight excluding hydrogens is 497 g/mol. The number of methoxy groups -OCH3 is 1. The van der Waals surface area contributed by atoms with Crippen LogP contribution in [0.1, 0.15) is 43.0 Å². The minimum absolute atomic E-state index is 0. The van der Waals surface area contributed by atoms with Gasteiger partial charge in [0.2, 0.25) is 5.89 Å². The van der Waals surface area contributed by atoms with Gasteiger partial charge < -0.3 is 19.4 Å². The van der Waals surface area contributed by atoms with Crippen LogP contribution in [0.25, 0.3) is 0 Å². The predicted molar refractivity (Wildman–Crippen MR) is 127 cm³/mol. The Kier molecular flexibility index (Phi) is 9.86. The third kappa shape index (κ3) is 6.57. The van der Waals surface area contributed by atoms with Gasteiger partial charge in [0.05, 0.1) is 25.3 Å². The molecule has 1 N–H and O–H groups in total. The van der Waals surface area contributed by atoms with E-state index in [1.807, 2.05) is 20.9 Å². The molecule has 8 nitrogen and oxygen atoms in total. The minimum atomic E-state index is -0.0885. The number of piperidine rings is 2. The zero-order valence-corrected chi connectivity index (χ0v) is 21.0. The third-order valence-corrected chi connectivity index (χ3v) is 6.23. The highest BCUT2D eigenvalue weighted by molar-refractivity contribution is 14.0. The van der Waals surface area contributed by atoms with Gasteiger partial charge in [0.25, 0.3) is 0 Å². The van der Waals surface area contributed by atoms with Crippen LogP contribution < -0.4 is 5.32 Å². The van der Waals surface area contributed by atoms with Gasteiger partial charge in [0.15, 0.2) is 5.96 Å². The lowest BCUT2D eigenvalue weighted by atomic mass is 9.96. The lowest BCUT2D eigenvalue weighted by Gasteiger charge is -2.35. The van der Waals surface area contributed by atoms with Crippen LogP contribution in [0.4, 0.5) is 0 Å². The first-order chi connectivity index (χ1) is 14.0. The number of aromatic nitrogens is 1. The number of guanidine groups is 1. The van der Waals surface area contributed by atoms with Crippen molar-refractivity contribution in [1.29, 1.82) is 0 Å². The number of esters is 1. The number of nitrogens with zero attached hydrogens (tertiary/aromatic N) is 4. The van der Waals surface area contributed by atoms with Crippen molar-refractivity contribution in [3.63, 3.8) is 0 Å². The van der Waals surface area contributed by atoms with Gasteiger partial charge in [-0.05, 0) is 58.5 Å². The number of rotatable bonds is 5. The number of nitrogens with one attached hydrogen (secondary N) is 1. The van der Waals surface area contributed by atoms with Crippen molar-refractivity contribution < 1.29 is 13.9 Å². The van der Waals surface area contributed by atoms with E-state index in [4.69, 9.17) is 9.15 Å². The second-order valence-corrected chi connectivity index (χ2v) is 8.18. The zero-order chi connectivity index (χ0) is 20.8. The highest BCUT2D eigenvalue weighted by atomic mass is 127. The summed E-state index contributed by atoms with van der Waals surface area (Å²) >= 11 is 0. The molecule has 2 fully saturated rings. The molecule has 1 aromatic heterocycles. The van der Waals surface area contributed by atoms with Gasteiger partial charge in [-0.2, -0.15) is 0 Å². The molecule has 0 bridgehead atoms. The van der Waals surface area contributed by atoms with Crippen LogP contribution in [0, 0.1) is 25.7 Å². The van der Waals surface area contributed by atoms with E-state index in [0.717, 1.165) is 88.3 Å². The Labute approximate surface area is 196 Å². The Bertz CT molecular complexity index is 688. The Morgan fingerprint density at radius 1 is 1.20 bits per heavy atom. The van der Waals surface area contributed by atoms with Gasteiger partial charge in [-0.15, -0.1) is 24.0 Å². The number of ether oxygens (including phenoxy) is 1. The summed E-state index contributed by atoms with van der Waals surface area (Å²) in [5.41, 5.74) is 0.987. The number of carbonyl (C=O) groups excluding carboxylic acids is 1. The van der Waals surface area contributed by atoms with Crippen LogP contribution >= 0.6 is 24.0 Å². The van der Waals surface area contributed by atoms with Crippen molar-refractivity contribution in [2.45, 2.75) is 46.1 Å². The molecule has 1 aromatic rings. The molecular formula is C21H36IN5O3. The summed E-state index contributed by atoms with van der Waals surface area (Å²) in [5.74, 6) is 3.27. The van der Waals surface area contributed by atoms with Crippen LogP contribution in [0.15, 0.2) is 9.41 Å². The number of likely N-dealkylation sites (tertiary alicyclic amines) is 2. The minimum Gasteiger partial charge on any atom is -0.469 e. The Hall–Kier alpha value is -1.36. The smallest absolute Gasteiger partial charge is 0.308 e. The van der Waals surface area contributed by atoms with Crippen molar-refractivity contribution in [2.24, 2.45) is 16.8 Å². The van der Waals surface area contributed by atoms with E-state index in [-0.39, 0.29) is 35.9 Å². The molecule has 3 rings (SSSR count). The molecule has 0 spiro atoms. The third-order valence-electron chi connectivity index (χ3n) is 6.23. The average molecular weight is 533 g/mol. The quantitative estimate of drug-likeness (QED) is 0.270. The average Bonchev–Trinajstić information content (AvgIpc) is 3.06. The molecule has 0 saturated carbocycles. The van der Waals surface area contributed by atoms with Gasteiger partial charge in [-0.25, -0.2) is 4.98 Å². The number of aryl methyl sites for hydroxylation is 2. The van der Waals surface area contributed by atoms with Gasteiger partial charge in [-0.1, -0.05) is 0 Å². The molecule has 0 atom stereocenters. The largest absolute Gasteiger partial charge is 0.469 e.